The molecule has 0 amide bonds. The number of aliphatic hydroxyl groups is 1. The Kier molecular flexibility index (Phi) is 8.35. The van der Waals surface area contributed by atoms with Crippen molar-refractivity contribution in [2.24, 2.45) is 10.7 Å². The van der Waals surface area contributed by atoms with Crippen LogP contribution >= 0.6 is 15.9 Å². The highest BCUT2D eigenvalue weighted by Crippen LogP contribution is 2.25. The first-order valence-corrected chi connectivity index (χ1v) is 8.26. The van der Waals surface area contributed by atoms with E-state index < -0.39 is 11.9 Å². The van der Waals surface area contributed by atoms with E-state index in [4.69, 9.17) is 11.1 Å². The van der Waals surface area contributed by atoms with Crippen molar-refractivity contribution in [1.29, 1.82) is 5.41 Å². The van der Waals surface area contributed by atoms with Crippen LogP contribution in [0.5, 0.6) is 0 Å². The summed E-state index contributed by atoms with van der Waals surface area (Å²) in [7, 11) is 0. The lowest BCUT2D eigenvalue weighted by atomic mass is 10.00. The molecule has 1 aromatic rings. The van der Waals surface area contributed by atoms with Gasteiger partial charge in [-0.3, -0.25) is 10.4 Å². The maximum atomic E-state index is 13.5. The summed E-state index contributed by atoms with van der Waals surface area (Å²) in [4.78, 5) is 4.14. The minimum absolute atomic E-state index is 0.145. The zero-order valence-electron chi connectivity index (χ0n) is 13.7. The summed E-state index contributed by atoms with van der Waals surface area (Å²) in [5, 5.41) is 20.7. The fraction of sp³-hybridized carbons (Fsp3) is 0.294. The zero-order valence-corrected chi connectivity index (χ0v) is 15.3. The van der Waals surface area contributed by atoms with E-state index in [1.807, 2.05) is 6.92 Å². The van der Waals surface area contributed by atoms with E-state index in [0.717, 1.165) is 5.57 Å². The third kappa shape index (κ3) is 6.25. The fourth-order valence-electron chi connectivity index (χ4n) is 2.03. The van der Waals surface area contributed by atoms with E-state index in [0.29, 0.717) is 29.9 Å². The zero-order chi connectivity index (χ0) is 18.1. The quantitative estimate of drug-likeness (QED) is 0.508. The SMILES string of the molecule is CCN=CC(=CN)CN/C(=C\C(=N)Br)c1ccc(F)cc1[C@@H](C)O. The van der Waals surface area contributed by atoms with Gasteiger partial charge in [-0.1, -0.05) is 0 Å². The number of allylic oxidation sites excluding steroid dienone is 1. The smallest absolute Gasteiger partial charge is 0.123 e. The van der Waals surface area contributed by atoms with Gasteiger partial charge in [-0.05, 0) is 59.6 Å². The number of hydrogen-bond donors (Lipinski definition) is 4. The Morgan fingerprint density at radius 2 is 2.25 bits per heavy atom. The maximum Gasteiger partial charge on any atom is 0.123 e. The lowest BCUT2D eigenvalue weighted by Crippen LogP contribution is -2.19. The van der Waals surface area contributed by atoms with Gasteiger partial charge in [0.2, 0.25) is 0 Å². The summed E-state index contributed by atoms with van der Waals surface area (Å²) in [5.41, 5.74) is 7.96. The molecule has 0 fully saturated rings. The van der Waals surface area contributed by atoms with Crippen LogP contribution in [0.2, 0.25) is 0 Å². The predicted octanol–water partition coefficient (Wildman–Crippen LogP) is 3.11. The molecule has 0 aliphatic carbocycles. The van der Waals surface area contributed by atoms with E-state index in [1.54, 1.807) is 25.3 Å². The molecular weight excluding hydrogens is 375 g/mol. The molecular formula is C17H22BrFN4O. The van der Waals surface area contributed by atoms with Crippen molar-refractivity contribution in [3.05, 3.63) is 53.0 Å². The van der Waals surface area contributed by atoms with Crippen molar-refractivity contribution in [1.82, 2.24) is 5.32 Å². The van der Waals surface area contributed by atoms with Gasteiger partial charge in [-0.2, -0.15) is 0 Å². The number of aliphatic hydroxyl groups excluding tert-OH is 1. The first kappa shape index (κ1) is 20.1. The second-order valence-corrected chi connectivity index (χ2v) is 5.89. The van der Waals surface area contributed by atoms with Crippen LogP contribution in [0, 0.1) is 11.2 Å². The standard InChI is InChI=1S/C17H22BrFN4O/c1-3-22-9-12(8-20)10-23-16(7-17(18)21)14-5-4-13(19)6-15(14)11(2)24/h4-9,11,21,23-24H,3,10,20H2,1-2H3/b12-8?,16-7-,21-17?,22-9?/t11-/m1/s1. The summed E-state index contributed by atoms with van der Waals surface area (Å²) in [5.74, 6) is -0.430. The average molecular weight is 397 g/mol. The van der Waals surface area contributed by atoms with Crippen LogP contribution in [0.4, 0.5) is 4.39 Å². The lowest BCUT2D eigenvalue weighted by molar-refractivity contribution is 0.198. The summed E-state index contributed by atoms with van der Waals surface area (Å²) < 4.78 is 13.6. The van der Waals surface area contributed by atoms with Crippen molar-refractivity contribution in [2.75, 3.05) is 13.1 Å². The first-order chi connectivity index (χ1) is 11.4. The molecule has 7 heteroatoms. The Balaban J connectivity index is 3.16. The Hall–Kier alpha value is -1.99. The Labute approximate surface area is 149 Å². The number of nitrogens with one attached hydrogen (secondary N) is 2. The van der Waals surface area contributed by atoms with Crippen LogP contribution in [-0.4, -0.2) is 29.0 Å². The molecule has 0 aromatic heterocycles. The molecule has 5 N–H and O–H groups in total. The second-order valence-electron chi connectivity index (χ2n) is 5.04. The van der Waals surface area contributed by atoms with E-state index in [2.05, 4.69) is 26.2 Å². The van der Waals surface area contributed by atoms with Gasteiger partial charge in [-0.15, -0.1) is 0 Å². The highest BCUT2D eigenvalue weighted by molar-refractivity contribution is 9.18. The Morgan fingerprint density at radius 1 is 1.54 bits per heavy atom. The van der Waals surface area contributed by atoms with Crippen LogP contribution in [0.3, 0.4) is 0 Å². The van der Waals surface area contributed by atoms with Gasteiger partial charge in [0, 0.05) is 42.3 Å². The predicted molar refractivity (Wildman–Crippen MR) is 101 cm³/mol. The number of rotatable bonds is 8. The van der Waals surface area contributed by atoms with Crippen LogP contribution in [-0.2, 0) is 0 Å². The lowest BCUT2D eigenvalue weighted by Gasteiger charge is -2.17. The van der Waals surface area contributed by atoms with Crippen molar-refractivity contribution in [3.63, 3.8) is 0 Å². The first-order valence-electron chi connectivity index (χ1n) is 7.47. The van der Waals surface area contributed by atoms with Gasteiger partial charge in [0.25, 0.3) is 0 Å². The van der Waals surface area contributed by atoms with Gasteiger partial charge < -0.3 is 16.2 Å². The molecule has 0 radical (unpaired) electrons. The second kappa shape index (κ2) is 10.00. The van der Waals surface area contributed by atoms with Crippen LogP contribution in [0.15, 0.2) is 41.0 Å². The molecule has 0 saturated heterocycles. The number of aliphatic imine (C=N–C) groups is 1. The molecule has 1 rings (SSSR count). The van der Waals surface area contributed by atoms with Crippen molar-refractivity contribution in [3.8, 4) is 0 Å². The Bertz CT molecular complexity index is 669. The molecule has 24 heavy (non-hydrogen) atoms. The van der Waals surface area contributed by atoms with Crippen molar-refractivity contribution in [2.45, 2.75) is 20.0 Å². The fourth-order valence-corrected chi connectivity index (χ4v) is 2.26. The minimum Gasteiger partial charge on any atom is -0.404 e. The molecule has 0 bridgehead atoms. The highest BCUT2D eigenvalue weighted by atomic mass is 79.9. The molecule has 1 aromatic carbocycles. The number of halogens is 2. The van der Waals surface area contributed by atoms with E-state index in [1.165, 1.54) is 18.3 Å². The van der Waals surface area contributed by atoms with Crippen LogP contribution in [0.1, 0.15) is 31.1 Å². The number of benzene rings is 1. The third-order valence-electron chi connectivity index (χ3n) is 3.16. The molecule has 0 aliphatic rings. The summed E-state index contributed by atoms with van der Waals surface area (Å²) in [6.07, 6.45) is 3.81. The van der Waals surface area contributed by atoms with Crippen molar-refractivity contribution < 1.29 is 9.50 Å². The molecule has 0 saturated carbocycles. The van der Waals surface area contributed by atoms with Crippen molar-refractivity contribution >= 4 is 32.5 Å². The summed E-state index contributed by atoms with van der Waals surface area (Å²) >= 11 is 3.08. The largest absolute Gasteiger partial charge is 0.404 e. The molecule has 0 aliphatic heterocycles. The molecule has 5 nitrogen and oxygen atoms in total. The molecule has 1 atom stereocenters. The van der Waals surface area contributed by atoms with Gasteiger partial charge in [-0.25, -0.2) is 4.39 Å². The normalized spacial score (nSPS) is 14.0. The van der Waals surface area contributed by atoms with E-state index in [-0.39, 0.29) is 4.62 Å². The van der Waals surface area contributed by atoms with Gasteiger partial charge >= 0.3 is 0 Å². The number of nitrogens with zero attached hydrogens (tertiary/aromatic N) is 1. The average Bonchev–Trinajstić information content (AvgIpc) is 2.53. The third-order valence-corrected chi connectivity index (χ3v) is 3.39. The van der Waals surface area contributed by atoms with E-state index >= 15 is 0 Å². The van der Waals surface area contributed by atoms with Gasteiger partial charge in [0.1, 0.15) is 5.82 Å². The van der Waals surface area contributed by atoms with Crippen LogP contribution in [0.25, 0.3) is 5.70 Å². The molecule has 0 spiro atoms. The minimum atomic E-state index is -0.850. The van der Waals surface area contributed by atoms with Gasteiger partial charge in [0.05, 0.1) is 10.7 Å². The molecule has 130 valence electrons. The maximum absolute atomic E-state index is 13.5. The van der Waals surface area contributed by atoms with E-state index in [9.17, 15) is 9.50 Å². The summed E-state index contributed by atoms with van der Waals surface area (Å²) in [6.45, 7) is 4.51. The van der Waals surface area contributed by atoms with Crippen LogP contribution < -0.4 is 11.1 Å². The number of hydrogen-bond acceptors (Lipinski definition) is 5. The summed E-state index contributed by atoms with van der Waals surface area (Å²) in [6, 6.07) is 4.16. The monoisotopic (exact) mass is 396 g/mol. The number of nitrogens with two attached hydrogens (primary N) is 1. The van der Waals surface area contributed by atoms with Gasteiger partial charge in [0.15, 0.2) is 0 Å². The molecule has 0 heterocycles. The highest BCUT2D eigenvalue weighted by Gasteiger charge is 2.13. The topological polar surface area (TPSA) is 94.5 Å². The Morgan fingerprint density at radius 3 is 2.79 bits per heavy atom. The molecule has 0 unspecified atom stereocenters.